The highest BCUT2D eigenvalue weighted by Crippen LogP contribution is 2.25. The molecule has 0 unspecified atom stereocenters. The van der Waals surface area contributed by atoms with E-state index in [9.17, 15) is 0 Å². The fourth-order valence-corrected chi connectivity index (χ4v) is 1.62. The molecule has 0 aliphatic heterocycles. The summed E-state index contributed by atoms with van der Waals surface area (Å²) in [6.45, 7) is 3.12. The lowest BCUT2D eigenvalue weighted by atomic mass is 10.1. The molecular formula is C12H16N4. The minimum absolute atomic E-state index is 0.888. The van der Waals surface area contributed by atoms with Crippen molar-refractivity contribution in [1.29, 1.82) is 0 Å². The van der Waals surface area contributed by atoms with Crippen molar-refractivity contribution < 1.29 is 0 Å². The molecule has 4 heteroatoms. The lowest BCUT2D eigenvalue weighted by Crippen LogP contribution is -2.02. The summed E-state index contributed by atoms with van der Waals surface area (Å²) < 4.78 is 1.92. The molecule has 0 bridgehead atoms. The molecule has 1 heterocycles. The van der Waals surface area contributed by atoms with Crippen LogP contribution >= 0.6 is 0 Å². The Morgan fingerprint density at radius 2 is 2.12 bits per heavy atom. The number of hydrogen-bond acceptors (Lipinski definition) is 3. The molecule has 84 valence electrons. The first-order chi connectivity index (χ1) is 7.83. The van der Waals surface area contributed by atoms with Gasteiger partial charge < -0.3 is 9.88 Å². The maximum Gasteiger partial charge on any atom is 0.165 e. The minimum atomic E-state index is 0.888. The molecule has 1 N–H and O–H groups in total. The zero-order chi connectivity index (χ0) is 11.4. The average Bonchev–Trinajstić information content (AvgIpc) is 2.73. The van der Waals surface area contributed by atoms with E-state index < -0.39 is 0 Å². The van der Waals surface area contributed by atoms with Crippen molar-refractivity contribution in [1.82, 2.24) is 14.8 Å². The summed E-state index contributed by atoms with van der Waals surface area (Å²) in [6.07, 6.45) is 2.82. The number of aromatic nitrogens is 3. The van der Waals surface area contributed by atoms with Gasteiger partial charge in [0.25, 0.3) is 0 Å². The zero-order valence-corrected chi connectivity index (χ0v) is 9.64. The largest absolute Gasteiger partial charge is 0.384 e. The summed E-state index contributed by atoms with van der Waals surface area (Å²) in [4.78, 5) is 0. The second-order valence-corrected chi connectivity index (χ2v) is 3.74. The topological polar surface area (TPSA) is 42.7 Å². The Hall–Kier alpha value is -1.84. The molecule has 16 heavy (non-hydrogen) atoms. The second kappa shape index (κ2) is 4.79. The van der Waals surface area contributed by atoms with E-state index in [-0.39, 0.29) is 0 Å². The van der Waals surface area contributed by atoms with E-state index in [1.165, 1.54) is 0 Å². The molecule has 0 saturated carbocycles. The van der Waals surface area contributed by atoms with Gasteiger partial charge in [0.05, 0.1) is 0 Å². The third kappa shape index (κ3) is 2.05. The van der Waals surface area contributed by atoms with Gasteiger partial charge in [0.1, 0.15) is 6.33 Å². The summed E-state index contributed by atoms with van der Waals surface area (Å²) in [7, 11) is 1.95. The number of para-hydroxylation sites is 1. The molecule has 0 amide bonds. The lowest BCUT2D eigenvalue weighted by molar-refractivity contribution is 0.918. The zero-order valence-electron chi connectivity index (χ0n) is 9.64. The minimum Gasteiger partial charge on any atom is -0.384 e. The Labute approximate surface area is 95.3 Å². The summed E-state index contributed by atoms with van der Waals surface area (Å²) in [5.74, 6) is 0.888. The van der Waals surface area contributed by atoms with E-state index in [0.29, 0.717) is 0 Å². The van der Waals surface area contributed by atoms with Crippen molar-refractivity contribution in [3.63, 3.8) is 0 Å². The quantitative estimate of drug-likeness (QED) is 0.852. The van der Waals surface area contributed by atoms with Crippen LogP contribution in [0.1, 0.15) is 13.3 Å². The molecular weight excluding hydrogens is 200 g/mol. The number of rotatable bonds is 4. The van der Waals surface area contributed by atoms with Crippen molar-refractivity contribution in [2.75, 3.05) is 11.9 Å². The first kappa shape index (κ1) is 10.7. The number of nitrogens with zero attached hydrogens (tertiary/aromatic N) is 3. The first-order valence-corrected chi connectivity index (χ1v) is 5.50. The standard InChI is InChI=1S/C12H16N4/c1-3-8-13-11-7-5-4-6-10(11)12-15-14-9-16(12)2/h4-7,9,13H,3,8H2,1-2H3. The highest BCUT2D eigenvalue weighted by Gasteiger charge is 2.08. The molecule has 0 radical (unpaired) electrons. The first-order valence-electron chi connectivity index (χ1n) is 5.50. The smallest absolute Gasteiger partial charge is 0.165 e. The Bertz CT molecular complexity index is 462. The van der Waals surface area contributed by atoms with E-state index >= 15 is 0 Å². The van der Waals surface area contributed by atoms with Gasteiger partial charge in [0.15, 0.2) is 5.82 Å². The van der Waals surface area contributed by atoms with E-state index in [0.717, 1.165) is 30.0 Å². The molecule has 4 nitrogen and oxygen atoms in total. The molecule has 0 fully saturated rings. The Morgan fingerprint density at radius 1 is 1.31 bits per heavy atom. The van der Waals surface area contributed by atoms with Crippen molar-refractivity contribution in [3.05, 3.63) is 30.6 Å². The summed E-state index contributed by atoms with van der Waals surface area (Å²) >= 11 is 0. The van der Waals surface area contributed by atoms with Gasteiger partial charge in [0.2, 0.25) is 0 Å². The van der Waals surface area contributed by atoms with Crippen LogP contribution in [0.3, 0.4) is 0 Å². The predicted octanol–water partition coefficient (Wildman–Crippen LogP) is 2.30. The monoisotopic (exact) mass is 216 g/mol. The van der Waals surface area contributed by atoms with Crippen LogP contribution in [0, 0.1) is 0 Å². The number of benzene rings is 1. The number of aryl methyl sites for hydroxylation is 1. The van der Waals surface area contributed by atoms with E-state index in [1.807, 2.05) is 23.7 Å². The molecule has 0 atom stereocenters. The van der Waals surface area contributed by atoms with Crippen molar-refractivity contribution in [3.8, 4) is 11.4 Å². The van der Waals surface area contributed by atoms with Gasteiger partial charge in [0, 0.05) is 24.8 Å². The fourth-order valence-electron chi connectivity index (χ4n) is 1.62. The van der Waals surface area contributed by atoms with Crippen LogP contribution in [0.2, 0.25) is 0 Å². The second-order valence-electron chi connectivity index (χ2n) is 3.74. The van der Waals surface area contributed by atoms with Gasteiger partial charge in [-0.25, -0.2) is 0 Å². The van der Waals surface area contributed by atoms with Gasteiger partial charge in [-0.2, -0.15) is 0 Å². The Morgan fingerprint density at radius 3 is 2.81 bits per heavy atom. The predicted molar refractivity (Wildman–Crippen MR) is 65.2 cm³/mol. The average molecular weight is 216 g/mol. The highest BCUT2D eigenvalue weighted by molar-refractivity contribution is 5.73. The Kier molecular flexibility index (Phi) is 3.19. The van der Waals surface area contributed by atoms with Gasteiger partial charge in [-0.15, -0.1) is 10.2 Å². The van der Waals surface area contributed by atoms with Crippen LogP contribution in [-0.4, -0.2) is 21.3 Å². The number of nitrogens with one attached hydrogen (secondary N) is 1. The van der Waals surface area contributed by atoms with E-state index in [1.54, 1.807) is 6.33 Å². The van der Waals surface area contributed by atoms with Gasteiger partial charge in [-0.1, -0.05) is 19.1 Å². The maximum atomic E-state index is 4.13. The lowest BCUT2D eigenvalue weighted by Gasteiger charge is -2.10. The molecule has 2 aromatic rings. The third-order valence-electron chi connectivity index (χ3n) is 2.44. The van der Waals surface area contributed by atoms with Gasteiger partial charge in [-0.05, 0) is 18.6 Å². The van der Waals surface area contributed by atoms with Crippen LogP contribution < -0.4 is 5.32 Å². The van der Waals surface area contributed by atoms with Crippen LogP contribution in [-0.2, 0) is 7.05 Å². The van der Waals surface area contributed by atoms with Crippen molar-refractivity contribution in [2.24, 2.45) is 7.05 Å². The maximum absolute atomic E-state index is 4.13. The molecule has 1 aromatic carbocycles. The Balaban J connectivity index is 2.37. The molecule has 2 rings (SSSR count). The molecule has 0 spiro atoms. The summed E-state index contributed by atoms with van der Waals surface area (Å²) in [5.41, 5.74) is 2.20. The van der Waals surface area contributed by atoms with Crippen LogP contribution in [0.5, 0.6) is 0 Å². The van der Waals surface area contributed by atoms with Gasteiger partial charge in [-0.3, -0.25) is 0 Å². The normalized spacial score (nSPS) is 10.4. The van der Waals surface area contributed by atoms with E-state index in [4.69, 9.17) is 0 Å². The SMILES string of the molecule is CCCNc1ccccc1-c1nncn1C. The summed E-state index contributed by atoms with van der Waals surface area (Å²) in [6, 6.07) is 8.17. The molecule has 1 aromatic heterocycles. The third-order valence-corrected chi connectivity index (χ3v) is 2.44. The van der Waals surface area contributed by atoms with Crippen LogP contribution in [0.15, 0.2) is 30.6 Å². The molecule has 0 aliphatic carbocycles. The summed E-state index contributed by atoms with van der Waals surface area (Å²) in [5, 5.41) is 11.4. The van der Waals surface area contributed by atoms with Crippen LogP contribution in [0.25, 0.3) is 11.4 Å². The highest BCUT2D eigenvalue weighted by atomic mass is 15.2. The fraction of sp³-hybridized carbons (Fsp3) is 0.333. The van der Waals surface area contributed by atoms with Gasteiger partial charge >= 0.3 is 0 Å². The number of anilines is 1. The van der Waals surface area contributed by atoms with Crippen molar-refractivity contribution in [2.45, 2.75) is 13.3 Å². The molecule has 0 saturated heterocycles. The number of hydrogen-bond donors (Lipinski definition) is 1. The molecule has 0 aliphatic rings. The van der Waals surface area contributed by atoms with Crippen LogP contribution in [0.4, 0.5) is 5.69 Å². The van der Waals surface area contributed by atoms with Crippen molar-refractivity contribution >= 4 is 5.69 Å². The van der Waals surface area contributed by atoms with E-state index in [2.05, 4.69) is 34.6 Å².